The summed E-state index contributed by atoms with van der Waals surface area (Å²) >= 11 is 0. The predicted molar refractivity (Wildman–Crippen MR) is 124 cm³/mol. The molecule has 2 aromatic carbocycles. The van der Waals surface area contributed by atoms with Gasteiger partial charge in [0.2, 0.25) is 0 Å². The van der Waals surface area contributed by atoms with Crippen molar-refractivity contribution in [3.05, 3.63) is 68.8 Å². The molecular weight excluding hydrogens is 391 g/mol. The second kappa shape index (κ2) is 10.8. The molecule has 0 aromatic heterocycles. The molecule has 0 bridgehead atoms. The Hall–Kier alpha value is -2.12. The molecule has 0 aliphatic rings. The van der Waals surface area contributed by atoms with Gasteiger partial charge in [0.15, 0.2) is 20.0 Å². The average molecular weight is 425 g/mol. The van der Waals surface area contributed by atoms with Crippen LogP contribution in [0.25, 0.3) is 0 Å². The van der Waals surface area contributed by atoms with Crippen LogP contribution in [0.4, 0.5) is 0 Å². The first kappa shape index (κ1) is 24.2. The summed E-state index contributed by atoms with van der Waals surface area (Å²) in [5.74, 6) is -0.831. The molecule has 4 heteroatoms. The molecule has 0 unspecified atom stereocenters. The Bertz CT molecular complexity index is 843. The van der Waals surface area contributed by atoms with Gasteiger partial charge in [0.1, 0.15) is 0 Å². The van der Waals surface area contributed by atoms with Gasteiger partial charge in [-0.3, -0.25) is 14.2 Å². The third kappa shape index (κ3) is 5.73. The van der Waals surface area contributed by atoms with Crippen LogP contribution in [-0.2, 0) is 4.57 Å². The number of aryl methyl sites for hydroxylation is 6. The van der Waals surface area contributed by atoms with Gasteiger partial charge in [-0.2, -0.15) is 0 Å². The smallest absolute Gasteiger partial charge is 0.174 e. The van der Waals surface area contributed by atoms with Gasteiger partial charge in [-0.15, -0.1) is 0 Å². The standard InChI is InChI=1S/C26H33O3P/c1-16-12-18(3)23(19(4)13-16)25(27)22(10-8-7-9-11-30-29)26(28)24-20(5)14-17(2)15-21(24)6/h12-15,22H,7-11H2,1-6H3. The highest BCUT2D eigenvalue weighted by Gasteiger charge is 2.31. The van der Waals surface area contributed by atoms with Crippen molar-refractivity contribution < 1.29 is 14.2 Å². The first-order valence-corrected chi connectivity index (χ1v) is 11.7. The van der Waals surface area contributed by atoms with Gasteiger partial charge < -0.3 is 0 Å². The van der Waals surface area contributed by atoms with E-state index < -0.39 is 5.92 Å². The van der Waals surface area contributed by atoms with E-state index in [2.05, 4.69) is 0 Å². The van der Waals surface area contributed by atoms with Crippen molar-refractivity contribution in [2.45, 2.75) is 67.2 Å². The minimum atomic E-state index is -0.685. The Morgan fingerprint density at radius 3 is 1.47 bits per heavy atom. The highest BCUT2D eigenvalue weighted by molar-refractivity contribution is 7.23. The summed E-state index contributed by atoms with van der Waals surface area (Å²) in [7, 11) is 0.155. The van der Waals surface area contributed by atoms with E-state index in [0.717, 1.165) is 52.6 Å². The number of hydrogen-bond acceptors (Lipinski definition) is 3. The fourth-order valence-electron chi connectivity index (χ4n) is 4.57. The highest BCUT2D eigenvalue weighted by atomic mass is 31.1. The summed E-state index contributed by atoms with van der Waals surface area (Å²) in [6.07, 6.45) is 3.62. The zero-order valence-electron chi connectivity index (χ0n) is 19.1. The van der Waals surface area contributed by atoms with Crippen LogP contribution in [0, 0.1) is 47.5 Å². The molecule has 2 aromatic rings. The molecule has 0 spiro atoms. The van der Waals surface area contributed by atoms with Gasteiger partial charge in [-0.05, 0) is 76.6 Å². The van der Waals surface area contributed by atoms with Crippen LogP contribution >= 0.6 is 8.46 Å². The summed E-state index contributed by atoms with van der Waals surface area (Å²) in [5, 5.41) is 0. The van der Waals surface area contributed by atoms with Gasteiger partial charge in [-0.25, -0.2) is 0 Å². The summed E-state index contributed by atoms with van der Waals surface area (Å²) in [6, 6.07) is 8.05. The van der Waals surface area contributed by atoms with Gasteiger partial charge in [0.05, 0.1) is 5.92 Å². The minimum Gasteiger partial charge on any atom is -0.293 e. The van der Waals surface area contributed by atoms with Gasteiger partial charge in [-0.1, -0.05) is 48.2 Å². The number of carbonyl (C=O) groups excluding carboxylic acids is 2. The van der Waals surface area contributed by atoms with Crippen LogP contribution in [0.2, 0.25) is 0 Å². The zero-order valence-corrected chi connectivity index (χ0v) is 20.0. The van der Waals surface area contributed by atoms with Crippen molar-refractivity contribution in [1.29, 1.82) is 0 Å². The van der Waals surface area contributed by atoms with Crippen molar-refractivity contribution in [3.63, 3.8) is 0 Å². The number of benzene rings is 2. The maximum atomic E-state index is 13.6. The normalized spacial score (nSPS) is 11.3. The molecule has 0 aliphatic heterocycles. The average Bonchev–Trinajstić information content (AvgIpc) is 2.62. The molecular formula is C26H33O3P. The topological polar surface area (TPSA) is 51.2 Å². The van der Waals surface area contributed by atoms with Crippen LogP contribution in [-0.4, -0.2) is 17.7 Å². The first-order valence-electron chi connectivity index (χ1n) is 10.7. The lowest BCUT2D eigenvalue weighted by Crippen LogP contribution is -2.27. The molecule has 0 fully saturated rings. The second-order valence-electron chi connectivity index (χ2n) is 8.53. The molecule has 3 nitrogen and oxygen atoms in total. The predicted octanol–water partition coefficient (Wildman–Crippen LogP) is 7.07. The van der Waals surface area contributed by atoms with Gasteiger partial charge >= 0.3 is 0 Å². The molecule has 2 rings (SSSR count). The Morgan fingerprint density at radius 2 is 1.10 bits per heavy atom. The van der Waals surface area contributed by atoms with Crippen LogP contribution in [0.5, 0.6) is 0 Å². The summed E-state index contributed by atoms with van der Waals surface area (Å²) in [6.45, 7) is 11.8. The van der Waals surface area contributed by atoms with Crippen LogP contribution in [0.3, 0.4) is 0 Å². The van der Waals surface area contributed by atoms with Crippen molar-refractivity contribution in [2.24, 2.45) is 5.92 Å². The monoisotopic (exact) mass is 424 g/mol. The summed E-state index contributed by atoms with van der Waals surface area (Å²) < 4.78 is 10.7. The molecule has 0 aliphatic carbocycles. The number of hydrogen-bond donors (Lipinski definition) is 0. The fourth-order valence-corrected chi connectivity index (χ4v) is 4.92. The number of unbranched alkanes of at least 4 members (excludes halogenated alkanes) is 2. The van der Waals surface area contributed by atoms with Crippen molar-refractivity contribution >= 4 is 20.0 Å². The third-order valence-corrected chi connectivity index (χ3v) is 6.22. The summed E-state index contributed by atoms with van der Waals surface area (Å²) in [4.78, 5) is 27.3. The molecule has 0 atom stereocenters. The lowest BCUT2D eigenvalue weighted by atomic mass is 9.81. The maximum Gasteiger partial charge on any atom is 0.174 e. The molecule has 0 heterocycles. The second-order valence-corrected chi connectivity index (χ2v) is 9.24. The van der Waals surface area contributed by atoms with E-state index in [1.54, 1.807) is 0 Å². The molecule has 0 radical (unpaired) electrons. The minimum absolute atomic E-state index is 0.0728. The molecule has 0 saturated heterocycles. The lowest BCUT2D eigenvalue weighted by molar-refractivity contribution is 0.0796. The summed E-state index contributed by atoms with van der Waals surface area (Å²) in [5.41, 5.74) is 7.31. The third-order valence-electron chi connectivity index (χ3n) is 5.72. The van der Waals surface area contributed by atoms with E-state index in [0.29, 0.717) is 23.7 Å². The Kier molecular flexibility index (Phi) is 8.67. The zero-order chi connectivity index (χ0) is 22.4. The quantitative estimate of drug-likeness (QED) is 0.177. The van der Waals surface area contributed by atoms with E-state index in [1.165, 1.54) is 0 Å². The number of rotatable bonds is 10. The molecule has 0 amide bonds. The van der Waals surface area contributed by atoms with Crippen molar-refractivity contribution in [3.8, 4) is 0 Å². The van der Waals surface area contributed by atoms with Crippen molar-refractivity contribution in [1.82, 2.24) is 0 Å². The van der Waals surface area contributed by atoms with E-state index in [-0.39, 0.29) is 20.0 Å². The number of ketones is 2. The highest BCUT2D eigenvalue weighted by Crippen LogP contribution is 2.28. The number of Topliss-reactive ketones (excluding diaryl/α,β-unsaturated/α-hetero) is 2. The van der Waals surface area contributed by atoms with E-state index >= 15 is 0 Å². The van der Waals surface area contributed by atoms with E-state index in [4.69, 9.17) is 0 Å². The van der Waals surface area contributed by atoms with Crippen LogP contribution < -0.4 is 0 Å². The maximum absolute atomic E-state index is 13.6. The molecule has 160 valence electrons. The Labute approximate surface area is 182 Å². The van der Waals surface area contributed by atoms with E-state index in [1.807, 2.05) is 65.8 Å². The Balaban J connectivity index is 2.44. The molecule has 30 heavy (non-hydrogen) atoms. The molecule has 0 saturated carbocycles. The van der Waals surface area contributed by atoms with Crippen molar-refractivity contribution in [2.75, 3.05) is 6.16 Å². The fraction of sp³-hybridized carbons (Fsp3) is 0.462. The van der Waals surface area contributed by atoms with Gasteiger partial charge in [0.25, 0.3) is 0 Å². The largest absolute Gasteiger partial charge is 0.293 e. The van der Waals surface area contributed by atoms with E-state index in [9.17, 15) is 14.2 Å². The van der Waals surface area contributed by atoms with Crippen LogP contribution in [0.15, 0.2) is 24.3 Å². The Morgan fingerprint density at radius 1 is 0.700 bits per heavy atom. The SMILES string of the molecule is Cc1cc(C)c(C(=O)C(CCCCCP=O)C(=O)c2c(C)cc(C)cc2C)c(C)c1. The van der Waals surface area contributed by atoms with Gasteiger partial charge in [0, 0.05) is 17.3 Å². The molecule has 0 N–H and O–H groups in total. The lowest BCUT2D eigenvalue weighted by Gasteiger charge is -2.20. The van der Waals surface area contributed by atoms with Crippen LogP contribution in [0.1, 0.15) is 79.8 Å². The first-order chi connectivity index (χ1) is 14.2. The number of carbonyl (C=O) groups is 2.